The van der Waals surface area contributed by atoms with E-state index in [0.717, 1.165) is 62.5 Å². The Balaban J connectivity index is 1.70. The summed E-state index contributed by atoms with van der Waals surface area (Å²) in [6, 6.07) is 9.31. The summed E-state index contributed by atoms with van der Waals surface area (Å²) in [6.45, 7) is 4.39. The standard InChI is InChI=1S/C42H54O4/c1-5-7-21-31-33-25-35-36(26-34(33)32(22-8-6-2)40(42(44)46-4)39(31)41(43)45-3)38(28-19-13-10-14-20-28)30-24-16-15-23-29(30)37(35)27-17-11-9-12-18-27/h15-16,23-24,27-28H,5-14,17-22,25-26H2,1-4H3. The van der Waals surface area contributed by atoms with E-state index >= 15 is 0 Å². The van der Waals surface area contributed by atoms with Crippen molar-refractivity contribution in [3.63, 3.8) is 0 Å². The van der Waals surface area contributed by atoms with E-state index in [1.165, 1.54) is 100 Å². The lowest BCUT2D eigenvalue weighted by molar-refractivity contribution is 0.0552. The molecule has 0 atom stereocenters. The molecule has 0 saturated heterocycles. The van der Waals surface area contributed by atoms with E-state index in [1.807, 2.05) is 0 Å². The predicted octanol–water partition coefficient (Wildman–Crippen LogP) is 10.7. The normalized spacial score (nSPS) is 17.0. The van der Waals surface area contributed by atoms with Crippen molar-refractivity contribution in [3.05, 3.63) is 79.9 Å². The maximum atomic E-state index is 13.7. The Kier molecular flexibility index (Phi) is 10.5. The van der Waals surface area contributed by atoms with E-state index in [2.05, 4.69) is 38.1 Å². The van der Waals surface area contributed by atoms with Gasteiger partial charge in [-0.2, -0.15) is 0 Å². The van der Waals surface area contributed by atoms with Crippen LogP contribution in [0.25, 0.3) is 10.8 Å². The van der Waals surface area contributed by atoms with Crippen LogP contribution in [-0.4, -0.2) is 26.2 Å². The van der Waals surface area contributed by atoms with E-state index in [9.17, 15) is 9.59 Å². The van der Waals surface area contributed by atoms with E-state index in [4.69, 9.17) is 9.47 Å². The summed E-state index contributed by atoms with van der Waals surface area (Å²) in [5.41, 5.74) is 11.8. The molecule has 0 amide bonds. The molecule has 0 aromatic heterocycles. The maximum Gasteiger partial charge on any atom is 0.339 e. The van der Waals surface area contributed by atoms with Crippen molar-refractivity contribution >= 4 is 22.7 Å². The van der Waals surface area contributed by atoms with E-state index < -0.39 is 11.9 Å². The molecule has 3 aliphatic rings. The number of carbonyl (C=O) groups excluding carboxylic acids is 2. The average Bonchev–Trinajstić information content (AvgIpc) is 3.11. The van der Waals surface area contributed by atoms with Crippen LogP contribution in [0.15, 0.2) is 24.3 Å². The van der Waals surface area contributed by atoms with Gasteiger partial charge in [0.05, 0.1) is 25.3 Å². The third-order valence-corrected chi connectivity index (χ3v) is 11.5. The molecule has 3 aliphatic carbocycles. The summed E-state index contributed by atoms with van der Waals surface area (Å²) in [7, 11) is 2.88. The number of hydrogen-bond donors (Lipinski definition) is 0. The second-order valence-corrected chi connectivity index (χ2v) is 14.2. The van der Waals surface area contributed by atoms with Gasteiger partial charge in [-0.1, -0.05) is 89.5 Å². The minimum Gasteiger partial charge on any atom is -0.465 e. The Morgan fingerprint density at radius 2 is 1.00 bits per heavy atom. The number of unbranched alkanes of at least 4 members (excludes halogenated alkanes) is 2. The summed E-state index contributed by atoms with van der Waals surface area (Å²) in [5, 5.41) is 2.94. The Hall–Kier alpha value is -3.14. The molecule has 0 spiro atoms. The van der Waals surface area contributed by atoms with Crippen molar-refractivity contribution in [2.45, 2.75) is 141 Å². The lowest BCUT2D eigenvalue weighted by atomic mass is 9.67. The van der Waals surface area contributed by atoms with Crippen molar-refractivity contribution in [1.82, 2.24) is 0 Å². The summed E-state index contributed by atoms with van der Waals surface area (Å²) in [4.78, 5) is 27.4. The van der Waals surface area contributed by atoms with Crippen molar-refractivity contribution in [2.24, 2.45) is 0 Å². The highest BCUT2D eigenvalue weighted by atomic mass is 16.5. The summed E-state index contributed by atoms with van der Waals surface area (Å²) in [5.74, 6) is 0.323. The van der Waals surface area contributed by atoms with Gasteiger partial charge in [0, 0.05) is 0 Å². The molecule has 0 heterocycles. The van der Waals surface area contributed by atoms with Crippen LogP contribution in [0, 0.1) is 0 Å². The van der Waals surface area contributed by atoms with Crippen molar-refractivity contribution in [1.29, 1.82) is 0 Å². The number of esters is 2. The van der Waals surface area contributed by atoms with Gasteiger partial charge in [0.2, 0.25) is 0 Å². The highest BCUT2D eigenvalue weighted by molar-refractivity contribution is 6.06. The molecule has 2 fully saturated rings. The van der Waals surface area contributed by atoms with Gasteiger partial charge >= 0.3 is 11.9 Å². The van der Waals surface area contributed by atoms with Crippen LogP contribution in [0.4, 0.5) is 0 Å². The third kappa shape index (κ3) is 6.02. The van der Waals surface area contributed by atoms with Crippen LogP contribution < -0.4 is 0 Å². The quantitative estimate of drug-likeness (QED) is 0.165. The van der Waals surface area contributed by atoms with E-state index in [0.29, 0.717) is 23.0 Å². The molecule has 0 N–H and O–H groups in total. The molecular weight excluding hydrogens is 568 g/mol. The number of methoxy groups -OCH3 is 2. The van der Waals surface area contributed by atoms with Gasteiger partial charge in [-0.05, 0) is 131 Å². The first-order chi connectivity index (χ1) is 22.5. The molecule has 0 bridgehead atoms. The molecule has 3 aromatic carbocycles. The Morgan fingerprint density at radius 1 is 0.609 bits per heavy atom. The smallest absolute Gasteiger partial charge is 0.339 e. The van der Waals surface area contributed by atoms with E-state index in [-0.39, 0.29) is 0 Å². The molecule has 2 saturated carbocycles. The number of fused-ring (bicyclic) bond motifs is 3. The number of rotatable bonds is 10. The minimum atomic E-state index is -0.410. The molecule has 246 valence electrons. The first kappa shape index (κ1) is 32.8. The van der Waals surface area contributed by atoms with Gasteiger partial charge in [-0.15, -0.1) is 0 Å². The highest BCUT2D eigenvalue weighted by Crippen LogP contribution is 2.50. The first-order valence-electron chi connectivity index (χ1n) is 18.5. The topological polar surface area (TPSA) is 52.6 Å². The second-order valence-electron chi connectivity index (χ2n) is 14.2. The number of ether oxygens (including phenoxy) is 2. The van der Waals surface area contributed by atoms with Crippen LogP contribution >= 0.6 is 0 Å². The molecule has 46 heavy (non-hydrogen) atoms. The van der Waals surface area contributed by atoms with Crippen LogP contribution in [0.2, 0.25) is 0 Å². The lowest BCUT2D eigenvalue weighted by Crippen LogP contribution is -2.26. The highest BCUT2D eigenvalue weighted by Gasteiger charge is 2.37. The molecule has 0 unspecified atom stereocenters. The molecule has 4 nitrogen and oxygen atoms in total. The fourth-order valence-electron chi connectivity index (χ4n) is 9.38. The van der Waals surface area contributed by atoms with Crippen molar-refractivity contribution in [3.8, 4) is 0 Å². The summed E-state index contributed by atoms with van der Waals surface area (Å²) in [6.07, 6.45) is 20.0. The number of carbonyl (C=O) groups is 2. The van der Waals surface area contributed by atoms with Crippen molar-refractivity contribution in [2.75, 3.05) is 14.2 Å². The van der Waals surface area contributed by atoms with Gasteiger partial charge in [0.1, 0.15) is 0 Å². The second kappa shape index (κ2) is 14.7. The summed E-state index contributed by atoms with van der Waals surface area (Å²) >= 11 is 0. The minimum absolute atomic E-state index is 0.410. The molecule has 0 radical (unpaired) electrons. The van der Waals surface area contributed by atoms with Crippen LogP contribution in [0.5, 0.6) is 0 Å². The Bertz CT molecular complexity index is 1470. The number of hydrogen-bond acceptors (Lipinski definition) is 4. The zero-order chi connectivity index (χ0) is 32.2. The monoisotopic (exact) mass is 622 g/mol. The molecule has 6 rings (SSSR count). The van der Waals surface area contributed by atoms with Gasteiger partial charge in [0.15, 0.2) is 0 Å². The van der Waals surface area contributed by atoms with Crippen LogP contribution in [-0.2, 0) is 35.2 Å². The first-order valence-corrected chi connectivity index (χ1v) is 18.5. The molecular formula is C42H54O4. The molecule has 0 aliphatic heterocycles. The van der Waals surface area contributed by atoms with Crippen molar-refractivity contribution < 1.29 is 19.1 Å². The molecule has 4 heteroatoms. The summed E-state index contributed by atoms with van der Waals surface area (Å²) < 4.78 is 10.9. The van der Waals surface area contributed by atoms with Gasteiger partial charge < -0.3 is 9.47 Å². The average molecular weight is 623 g/mol. The zero-order valence-electron chi connectivity index (χ0n) is 28.8. The third-order valence-electron chi connectivity index (χ3n) is 11.5. The largest absolute Gasteiger partial charge is 0.465 e. The predicted molar refractivity (Wildman–Crippen MR) is 188 cm³/mol. The SMILES string of the molecule is CCCCc1c2c(c(CCCC)c(C(=O)OC)c1C(=O)OC)Cc1c(c(C3CCCCC3)c3ccccc3c1C1CCCCC1)C2. The maximum absolute atomic E-state index is 13.7. The molecule has 3 aromatic rings. The fraction of sp³-hybridized carbons (Fsp3) is 0.571. The Morgan fingerprint density at radius 3 is 1.35 bits per heavy atom. The Labute approximate surface area is 276 Å². The van der Waals surface area contributed by atoms with Crippen LogP contribution in [0.1, 0.15) is 181 Å². The van der Waals surface area contributed by atoms with Gasteiger partial charge in [-0.25, -0.2) is 9.59 Å². The fourth-order valence-corrected chi connectivity index (χ4v) is 9.38. The van der Waals surface area contributed by atoms with Crippen LogP contribution in [0.3, 0.4) is 0 Å². The zero-order valence-corrected chi connectivity index (χ0v) is 28.8. The number of benzene rings is 3. The van der Waals surface area contributed by atoms with Gasteiger partial charge in [-0.3, -0.25) is 0 Å². The lowest BCUT2D eigenvalue weighted by Gasteiger charge is -2.37. The van der Waals surface area contributed by atoms with E-state index in [1.54, 1.807) is 22.3 Å². The van der Waals surface area contributed by atoms with Gasteiger partial charge in [0.25, 0.3) is 0 Å².